The van der Waals surface area contributed by atoms with Crippen LogP contribution in [0.25, 0.3) is 0 Å². The van der Waals surface area contributed by atoms with E-state index in [1.54, 1.807) is 0 Å². The van der Waals surface area contributed by atoms with Crippen LogP contribution in [0, 0.1) is 0 Å². The van der Waals surface area contributed by atoms with Crippen LogP contribution in [0.15, 0.2) is 0 Å². The fourth-order valence-corrected chi connectivity index (χ4v) is 4.41. The molecule has 0 bridgehead atoms. The van der Waals surface area contributed by atoms with Crippen molar-refractivity contribution in [1.29, 1.82) is 0 Å². The van der Waals surface area contributed by atoms with E-state index in [0.29, 0.717) is 24.1 Å². The van der Waals surface area contributed by atoms with Gasteiger partial charge in [-0.1, -0.05) is 84.0 Å². The van der Waals surface area contributed by atoms with Crippen LogP contribution in [0.5, 0.6) is 0 Å². The first-order valence-electron chi connectivity index (χ1n) is 13.9. The number of phosphoric acid groups is 1. The average Bonchev–Trinajstić information content (AvgIpc) is 2.77. The molecular weight excluding hydrogens is 467 g/mol. The molecule has 0 aliphatic carbocycles. The molecule has 0 aliphatic heterocycles. The highest BCUT2D eigenvalue weighted by Gasteiger charge is 2.25. The van der Waals surface area contributed by atoms with Gasteiger partial charge < -0.3 is 19.4 Å². The predicted molar refractivity (Wildman–Crippen MR) is 143 cm³/mol. The summed E-state index contributed by atoms with van der Waals surface area (Å²) in [6.07, 6.45) is 16.6. The summed E-state index contributed by atoms with van der Waals surface area (Å²) >= 11 is 0. The molecule has 2 unspecified atom stereocenters. The second-order valence-corrected chi connectivity index (χ2v) is 11.9. The highest BCUT2D eigenvalue weighted by atomic mass is 31.2. The van der Waals surface area contributed by atoms with Crippen LogP contribution < -0.4 is 5.32 Å². The summed E-state index contributed by atoms with van der Waals surface area (Å²) in [5.74, 6) is -0.0239. The molecule has 0 rings (SSSR count). The van der Waals surface area contributed by atoms with E-state index in [1.807, 2.05) is 28.1 Å². The SMILES string of the molecule is CCCCCCCCCCCCCCCC(=O)NCC(COP(=O)(O)OCC[N+](C)(C)C)OCC. The number of carbonyl (C=O) groups is 1. The third-order valence-electron chi connectivity index (χ3n) is 5.88. The molecule has 1 amide bonds. The molecule has 0 spiro atoms. The lowest BCUT2D eigenvalue weighted by Gasteiger charge is -2.24. The molecule has 0 saturated carbocycles. The first-order chi connectivity index (χ1) is 16.6. The fourth-order valence-electron chi connectivity index (χ4n) is 3.67. The van der Waals surface area contributed by atoms with Gasteiger partial charge in [0.05, 0.1) is 33.9 Å². The van der Waals surface area contributed by atoms with Gasteiger partial charge >= 0.3 is 7.82 Å². The van der Waals surface area contributed by atoms with Crippen LogP contribution in [0.3, 0.4) is 0 Å². The van der Waals surface area contributed by atoms with Gasteiger partial charge in [0.2, 0.25) is 5.91 Å². The van der Waals surface area contributed by atoms with Gasteiger partial charge in [-0.3, -0.25) is 13.8 Å². The molecule has 0 aromatic rings. The van der Waals surface area contributed by atoms with Gasteiger partial charge in [0.1, 0.15) is 13.2 Å². The maximum absolute atomic E-state index is 12.2. The lowest BCUT2D eigenvalue weighted by atomic mass is 10.0. The van der Waals surface area contributed by atoms with Crippen molar-refractivity contribution >= 4 is 13.7 Å². The van der Waals surface area contributed by atoms with Crippen LogP contribution in [0.1, 0.15) is 104 Å². The number of hydrogen-bond donors (Lipinski definition) is 2. The predicted octanol–water partition coefficient (Wildman–Crippen LogP) is 5.83. The summed E-state index contributed by atoms with van der Waals surface area (Å²) in [6.45, 7) is 5.32. The smallest absolute Gasteiger partial charge is 0.374 e. The van der Waals surface area contributed by atoms with Crippen molar-refractivity contribution in [2.75, 3.05) is 54.1 Å². The molecule has 35 heavy (non-hydrogen) atoms. The Balaban J connectivity index is 3.82. The van der Waals surface area contributed by atoms with E-state index in [4.69, 9.17) is 13.8 Å². The Morgan fingerprint density at radius 1 is 0.857 bits per heavy atom. The zero-order valence-corrected chi connectivity index (χ0v) is 24.3. The van der Waals surface area contributed by atoms with Gasteiger partial charge in [0.25, 0.3) is 0 Å². The largest absolute Gasteiger partial charge is 0.472 e. The second-order valence-electron chi connectivity index (χ2n) is 10.5. The summed E-state index contributed by atoms with van der Waals surface area (Å²) in [5.41, 5.74) is 0. The van der Waals surface area contributed by atoms with Crippen molar-refractivity contribution in [3.8, 4) is 0 Å². The molecule has 9 heteroatoms. The molecule has 0 aromatic carbocycles. The van der Waals surface area contributed by atoms with Crippen LogP contribution >= 0.6 is 7.82 Å². The summed E-state index contributed by atoms with van der Waals surface area (Å²) in [4.78, 5) is 22.0. The minimum Gasteiger partial charge on any atom is -0.374 e. The highest BCUT2D eigenvalue weighted by molar-refractivity contribution is 7.47. The average molecular weight is 524 g/mol. The number of unbranched alkanes of at least 4 members (excludes halogenated alkanes) is 12. The van der Waals surface area contributed by atoms with Gasteiger partial charge in [0, 0.05) is 19.6 Å². The lowest BCUT2D eigenvalue weighted by molar-refractivity contribution is -0.870. The molecule has 2 atom stereocenters. The Morgan fingerprint density at radius 2 is 1.37 bits per heavy atom. The zero-order valence-electron chi connectivity index (χ0n) is 23.4. The number of nitrogens with one attached hydrogen (secondary N) is 1. The number of nitrogens with zero attached hydrogens (tertiary/aromatic N) is 1. The third kappa shape index (κ3) is 25.0. The van der Waals surface area contributed by atoms with E-state index >= 15 is 0 Å². The monoisotopic (exact) mass is 523 g/mol. The van der Waals surface area contributed by atoms with Crippen LogP contribution in [-0.4, -0.2) is 75.4 Å². The molecule has 0 saturated heterocycles. The molecule has 210 valence electrons. The number of hydrogen-bond acceptors (Lipinski definition) is 5. The number of carbonyl (C=O) groups excluding carboxylic acids is 1. The zero-order chi connectivity index (χ0) is 26.4. The quantitative estimate of drug-likeness (QED) is 0.0888. The summed E-state index contributed by atoms with van der Waals surface area (Å²) in [6, 6.07) is 0. The number of likely N-dealkylation sites (N-methyl/N-ethyl adjacent to an activating group) is 1. The molecule has 0 radical (unpaired) electrons. The van der Waals surface area contributed by atoms with Crippen molar-refractivity contribution in [1.82, 2.24) is 5.32 Å². The Hall–Kier alpha value is -0.500. The summed E-state index contributed by atoms with van der Waals surface area (Å²) < 4.78 is 28.3. The molecule has 0 aliphatic rings. The Bertz CT molecular complexity index is 556. The van der Waals surface area contributed by atoms with E-state index in [9.17, 15) is 14.3 Å². The van der Waals surface area contributed by atoms with Crippen molar-refractivity contribution in [2.45, 2.75) is 110 Å². The maximum atomic E-state index is 12.2. The lowest BCUT2D eigenvalue weighted by Crippen LogP contribution is -2.37. The van der Waals surface area contributed by atoms with E-state index in [2.05, 4.69) is 12.2 Å². The fraction of sp³-hybridized carbons (Fsp3) is 0.962. The summed E-state index contributed by atoms with van der Waals surface area (Å²) in [5, 5.41) is 2.85. The van der Waals surface area contributed by atoms with Gasteiger partial charge in [-0.15, -0.1) is 0 Å². The Kier molecular flexibility index (Phi) is 21.3. The maximum Gasteiger partial charge on any atom is 0.472 e. The molecule has 8 nitrogen and oxygen atoms in total. The molecule has 0 fully saturated rings. The Morgan fingerprint density at radius 3 is 1.86 bits per heavy atom. The number of rotatable bonds is 25. The second kappa shape index (κ2) is 21.6. The van der Waals surface area contributed by atoms with Crippen molar-refractivity contribution in [3.05, 3.63) is 0 Å². The number of ether oxygens (including phenoxy) is 1. The standard InChI is InChI=1S/C26H55N2O6P/c1-6-8-9-10-11-12-13-14-15-16-17-18-19-20-26(29)27-23-25(32-7-2)24-34-35(30,31)33-22-21-28(3,4)5/h25H,6-24H2,1-5H3,(H-,27,29,30,31)/p+1. The van der Waals surface area contributed by atoms with Crippen LogP contribution in [0.2, 0.25) is 0 Å². The minimum absolute atomic E-state index is 0.0239. The first kappa shape index (κ1) is 34.5. The number of amides is 1. The van der Waals surface area contributed by atoms with Crippen LogP contribution in [-0.2, 0) is 23.1 Å². The highest BCUT2D eigenvalue weighted by Crippen LogP contribution is 2.43. The van der Waals surface area contributed by atoms with Gasteiger partial charge in [-0.2, -0.15) is 0 Å². The summed E-state index contributed by atoms with van der Waals surface area (Å²) in [7, 11) is 1.76. The van der Waals surface area contributed by atoms with Gasteiger partial charge in [0.15, 0.2) is 0 Å². The topological polar surface area (TPSA) is 94.1 Å². The van der Waals surface area contributed by atoms with E-state index < -0.39 is 13.9 Å². The Labute approximate surface area is 215 Å². The van der Waals surface area contributed by atoms with Crippen molar-refractivity contribution in [2.24, 2.45) is 0 Å². The normalized spacial score (nSPS) is 14.6. The van der Waals surface area contributed by atoms with Gasteiger partial charge in [-0.05, 0) is 13.3 Å². The number of phosphoric ester groups is 1. The van der Waals surface area contributed by atoms with E-state index in [1.165, 1.54) is 70.6 Å². The molecular formula is C26H56N2O6P+. The molecule has 0 aromatic heterocycles. The van der Waals surface area contributed by atoms with Gasteiger partial charge in [-0.25, -0.2) is 4.57 Å². The van der Waals surface area contributed by atoms with E-state index in [0.717, 1.165) is 12.8 Å². The van der Waals surface area contributed by atoms with Crippen LogP contribution in [0.4, 0.5) is 0 Å². The third-order valence-corrected chi connectivity index (χ3v) is 6.86. The molecule has 2 N–H and O–H groups in total. The number of quaternary nitrogens is 1. The molecule has 0 heterocycles. The van der Waals surface area contributed by atoms with Crippen molar-refractivity contribution in [3.63, 3.8) is 0 Å². The van der Waals surface area contributed by atoms with Crippen molar-refractivity contribution < 1.29 is 32.5 Å². The first-order valence-corrected chi connectivity index (χ1v) is 15.4. The van der Waals surface area contributed by atoms with E-state index in [-0.39, 0.29) is 25.7 Å². The minimum atomic E-state index is -4.15.